The molecule has 0 saturated heterocycles. The second kappa shape index (κ2) is 12.3. The highest BCUT2D eigenvalue weighted by Gasteiger charge is 2.06. The van der Waals surface area contributed by atoms with Crippen LogP contribution in [0.5, 0.6) is 0 Å². The van der Waals surface area contributed by atoms with Crippen LogP contribution in [0.15, 0.2) is 4.99 Å². The Bertz CT molecular complexity index is 189. The third-order valence-electron chi connectivity index (χ3n) is 2.81. The average molecular weight is 258 g/mol. The molecular formula is C14H30N2S. The lowest BCUT2D eigenvalue weighted by Gasteiger charge is -2.23. The molecule has 0 radical (unpaired) electrons. The van der Waals surface area contributed by atoms with Crippen molar-refractivity contribution in [2.24, 2.45) is 4.99 Å². The van der Waals surface area contributed by atoms with Crippen molar-refractivity contribution in [3.05, 3.63) is 0 Å². The van der Waals surface area contributed by atoms with Gasteiger partial charge in [-0.3, -0.25) is 4.99 Å². The van der Waals surface area contributed by atoms with E-state index >= 15 is 0 Å². The second-order valence-corrected chi connectivity index (χ2v) is 5.34. The highest BCUT2D eigenvalue weighted by molar-refractivity contribution is 7.99. The quantitative estimate of drug-likeness (QED) is 0.333. The lowest BCUT2D eigenvalue weighted by molar-refractivity contribution is 0.461. The van der Waals surface area contributed by atoms with Crippen LogP contribution in [-0.4, -0.2) is 41.9 Å². The highest BCUT2D eigenvalue weighted by Crippen LogP contribution is 2.08. The molecule has 0 aliphatic carbocycles. The lowest BCUT2D eigenvalue weighted by atomic mass is 10.3. The monoisotopic (exact) mass is 258 g/mol. The van der Waals surface area contributed by atoms with Crippen LogP contribution in [0.25, 0.3) is 0 Å². The minimum absolute atomic E-state index is 0.997. The van der Waals surface area contributed by atoms with Crippen LogP contribution >= 0.6 is 11.8 Å². The van der Waals surface area contributed by atoms with Crippen LogP contribution in [-0.2, 0) is 0 Å². The van der Waals surface area contributed by atoms with Crippen molar-refractivity contribution in [3.8, 4) is 0 Å². The number of rotatable bonds is 10. The zero-order valence-corrected chi connectivity index (χ0v) is 13.0. The molecule has 0 unspecified atom stereocenters. The SMILES string of the molecule is CCCCN=C(CSCCCC)N(CC)CC. The fraction of sp³-hybridized carbons (Fsp3) is 0.929. The van der Waals surface area contributed by atoms with Crippen molar-refractivity contribution in [1.29, 1.82) is 0 Å². The maximum Gasteiger partial charge on any atom is 0.109 e. The minimum atomic E-state index is 0.997. The van der Waals surface area contributed by atoms with E-state index in [0.29, 0.717) is 0 Å². The van der Waals surface area contributed by atoms with Gasteiger partial charge in [-0.1, -0.05) is 26.7 Å². The van der Waals surface area contributed by atoms with Crippen LogP contribution in [0.3, 0.4) is 0 Å². The molecule has 0 amide bonds. The Morgan fingerprint density at radius 1 is 1.00 bits per heavy atom. The summed E-state index contributed by atoms with van der Waals surface area (Å²) in [7, 11) is 0. The molecule has 0 atom stereocenters. The number of hydrogen-bond donors (Lipinski definition) is 0. The standard InChI is InChI=1S/C14H30N2S/c1-5-9-11-15-14(16(7-3)8-4)13-17-12-10-6-2/h5-13H2,1-4H3. The molecule has 0 rings (SSSR count). The molecule has 0 aliphatic rings. The van der Waals surface area contributed by atoms with E-state index in [1.165, 1.54) is 37.3 Å². The van der Waals surface area contributed by atoms with Gasteiger partial charge in [0.1, 0.15) is 5.84 Å². The smallest absolute Gasteiger partial charge is 0.109 e. The number of thioether (sulfide) groups is 1. The third-order valence-corrected chi connectivity index (χ3v) is 3.85. The Labute approximate surface area is 112 Å². The average Bonchev–Trinajstić information content (AvgIpc) is 2.35. The van der Waals surface area contributed by atoms with Gasteiger partial charge in [0.05, 0.1) is 5.75 Å². The van der Waals surface area contributed by atoms with Gasteiger partial charge in [-0.15, -0.1) is 0 Å². The van der Waals surface area contributed by atoms with Crippen molar-refractivity contribution in [1.82, 2.24) is 4.90 Å². The number of unbranched alkanes of at least 4 members (excludes halogenated alkanes) is 2. The van der Waals surface area contributed by atoms with E-state index in [4.69, 9.17) is 4.99 Å². The van der Waals surface area contributed by atoms with E-state index in [1.807, 2.05) is 11.8 Å². The van der Waals surface area contributed by atoms with E-state index in [-0.39, 0.29) is 0 Å². The van der Waals surface area contributed by atoms with Crippen molar-refractivity contribution >= 4 is 17.6 Å². The molecule has 2 nitrogen and oxygen atoms in total. The molecule has 3 heteroatoms. The van der Waals surface area contributed by atoms with Crippen LogP contribution in [0.2, 0.25) is 0 Å². The summed E-state index contributed by atoms with van der Waals surface area (Å²) in [6, 6.07) is 0. The van der Waals surface area contributed by atoms with E-state index < -0.39 is 0 Å². The molecule has 0 N–H and O–H groups in total. The van der Waals surface area contributed by atoms with Gasteiger partial charge in [-0.2, -0.15) is 11.8 Å². The molecule has 0 aliphatic heterocycles. The molecule has 0 spiro atoms. The van der Waals surface area contributed by atoms with E-state index in [0.717, 1.165) is 25.4 Å². The Hall–Kier alpha value is -0.180. The van der Waals surface area contributed by atoms with Crippen molar-refractivity contribution in [2.75, 3.05) is 31.1 Å². The summed E-state index contributed by atoms with van der Waals surface area (Å²) in [6.07, 6.45) is 5.06. The maximum absolute atomic E-state index is 4.77. The molecular weight excluding hydrogens is 228 g/mol. The minimum Gasteiger partial charge on any atom is -0.360 e. The summed E-state index contributed by atoms with van der Waals surface area (Å²) in [5, 5.41) is 0. The second-order valence-electron chi connectivity index (χ2n) is 4.23. The first-order chi connectivity index (χ1) is 8.29. The van der Waals surface area contributed by atoms with E-state index in [2.05, 4.69) is 32.6 Å². The third kappa shape index (κ3) is 8.53. The Morgan fingerprint density at radius 2 is 1.65 bits per heavy atom. The van der Waals surface area contributed by atoms with E-state index in [1.54, 1.807) is 0 Å². The Morgan fingerprint density at radius 3 is 2.18 bits per heavy atom. The molecule has 0 aromatic heterocycles. The van der Waals surface area contributed by atoms with Gasteiger partial charge in [-0.05, 0) is 32.4 Å². The zero-order chi connectivity index (χ0) is 12.9. The maximum atomic E-state index is 4.77. The van der Waals surface area contributed by atoms with Crippen molar-refractivity contribution in [3.63, 3.8) is 0 Å². The number of hydrogen-bond acceptors (Lipinski definition) is 2. The topological polar surface area (TPSA) is 15.6 Å². The first kappa shape index (κ1) is 16.8. The van der Waals surface area contributed by atoms with Crippen LogP contribution in [0.1, 0.15) is 53.4 Å². The Kier molecular flexibility index (Phi) is 12.2. The predicted molar refractivity (Wildman–Crippen MR) is 82.4 cm³/mol. The summed E-state index contributed by atoms with van der Waals surface area (Å²) < 4.78 is 0. The molecule has 0 heterocycles. The summed E-state index contributed by atoms with van der Waals surface area (Å²) in [5.74, 6) is 3.67. The van der Waals surface area contributed by atoms with Crippen LogP contribution in [0, 0.1) is 0 Å². The highest BCUT2D eigenvalue weighted by atomic mass is 32.2. The largest absolute Gasteiger partial charge is 0.360 e. The molecule has 0 aromatic rings. The van der Waals surface area contributed by atoms with Gasteiger partial charge in [-0.25, -0.2) is 0 Å². The van der Waals surface area contributed by atoms with Crippen molar-refractivity contribution in [2.45, 2.75) is 53.4 Å². The van der Waals surface area contributed by atoms with Crippen LogP contribution in [0.4, 0.5) is 0 Å². The predicted octanol–water partition coefficient (Wildman–Crippen LogP) is 4.06. The van der Waals surface area contributed by atoms with Gasteiger partial charge >= 0.3 is 0 Å². The number of aliphatic imine (C=N–C) groups is 1. The lowest BCUT2D eigenvalue weighted by Crippen LogP contribution is -2.32. The van der Waals surface area contributed by atoms with Gasteiger partial charge in [0.15, 0.2) is 0 Å². The fourth-order valence-electron chi connectivity index (χ4n) is 1.60. The van der Waals surface area contributed by atoms with Gasteiger partial charge < -0.3 is 4.90 Å². The van der Waals surface area contributed by atoms with E-state index in [9.17, 15) is 0 Å². The summed E-state index contributed by atoms with van der Waals surface area (Å²) >= 11 is 2.03. The van der Waals surface area contributed by atoms with Gasteiger partial charge in [0, 0.05) is 19.6 Å². The molecule has 0 bridgehead atoms. The van der Waals surface area contributed by atoms with Gasteiger partial charge in [0.25, 0.3) is 0 Å². The van der Waals surface area contributed by atoms with Gasteiger partial charge in [0.2, 0.25) is 0 Å². The first-order valence-electron chi connectivity index (χ1n) is 7.16. The fourth-order valence-corrected chi connectivity index (χ4v) is 2.70. The summed E-state index contributed by atoms with van der Waals surface area (Å²) in [5.41, 5.74) is 0. The van der Waals surface area contributed by atoms with Crippen LogP contribution < -0.4 is 0 Å². The van der Waals surface area contributed by atoms with Crippen molar-refractivity contribution < 1.29 is 0 Å². The number of nitrogens with zero attached hydrogens (tertiary/aromatic N) is 2. The first-order valence-corrected chi connectivity index (χ1v) is 8.31. The zero-order valence-electron chi connectivity index (χ0n) is 12.2. The number of amidine groups is 1. The summed E-state index contributed by atoms with van der Waals surface area (Å²) in [4.78, 5) is 7.17. The molecule has 102 valence electrons. The Balaban J connectivity index is 4.13. The molecule has 0 saturated carbocycles. The normalized spacial score (nSPS) is 11.9. The molecule has 0 aromatic carbocycles. The molecule has 17 heavy (non-hydrogen) atoms. The molecule has 0 fully saturated rings. The summed E-state index contributed by atoms with van der Waals surface area (Å²) in [6.45, 7) is 12.1.